The molecule has 0 spiro atoms. The maximum absolute atomic E-state index is 5.70. The molecule has 0 aromatic carbocycles. The van der Waals surface area contributed by atoms with Crippen molar-refractivity contribution < 1.29 is 4.74 Å². The van der Waals surface area contributed by atoms with Gasteiger partial charge in [0.25, 0.3) is 0 Å². The number of ether oxygens (including phenoxy) is 1. The molecular weight excluding hydrogens is 226 g/mol. The lowest BCUT2D eigenvalue weighted by Gasteiger charge is -2.09. The van der Waals surface area contributed by atoms with Gasteiger partial charge in [-0.2, -0.15) is 0 Å². The van der Waals surface area contributed by atoms with Crippen LogP contribution in [0.15, 0.2) is 6.20 Å². The van der Waals surface area contributed by atoms with Crippen molar-refractivity contribution in [1.29, 1.82) is 0 Å². The maximum atomic E-state index is 5.70. The Labute approximate surface area is 101 Å². The van der Waals surface area contributed by atoms with Gasteiger partial charge in [0.15, 0.2) is 0 Å². The highest BCUT2D eigenvalue weighted by atomic mass is 35.5. The fraction of sp³-hybridized carbons (Fsp3) is 0.636. The average Bonchev–Trinajstić information content (AvgIpc) is 2.22. The van der Waals surface area contributed by atoms with E-state index in [0.717, 1.165) is 24.5 Å². The topological polar surface area (TPSA) is 47.0 Å². The van der Waals surface area contributed by atoms with Crippen LogP contribution in [0.25, 0.3) is 0 Å². The lowest BCUT2D eigenvalue weighted by atomic mass is 10.2. The zero-order chi connectivity index (χ0) is 12.0. The van der Waals surface area contributed by atoms with Crippen molar-refractivity contribution in [2.24, 2.45) is 5.92 Å². The van der Waals surface area contributed by atoms with Crippen LogP contribution in [-0.4, -0.2) is 29.7 Å². The molecule has 0 fully saturated rings. The third-order valence-electron chi connectivity index (χ3n) is 1.93. The minimum absolute atomic E-state index is 0.260. The van der Waals surface area contributed by atoms with Crippen LogP contribution < -0.4 is 5.32 Å². The molecular formula is C11H18ClN3O. The van der Waals surface area contributed by atoms with Gasteiger partial charge in [-0.25, -0.2) is 9.97 Å². The summed E-state index contributed by atoms with van der Waals surface area (Å²) in [4.78, 5) is 7.98. The molecule has 0 saturated heterocycles. The second-order valence-corrected chi connectivity index (χ2v) is 4.40. The van der Waals surface area contributed by atoms with Crippen molar-refractivity contribution in [3.05, 3.63) is 17.0 Å². The van der Waals surface area contributed by atoms with Gasteiger partial charge in [-0.3, -0.25) is 0 Å². The number of halogens is 1. The van der Waals surface area contributed by atoms with Gasteiger partial charge < -0.3 is 10.1 Å². The first-order chi connectivity index (χ1) is 7.59. The Morgan fingerprint density at radius 1 is 1.50 bits per heavy atom. The van der Waals surface area contributed by atoms with Crippen molar-refractivity contribution in [2.75, 3.05) is 25.1 Å². The molecule has 1 N–H and O–H groups in total. The van der Waals surface area contributed by atoms with E-state index in [1.165, 1.54) is 0 Å². The summed E-state index contributed by atoms with van der Waals surface area (Å²) in [6.45, 7) is 8.36. The maximum Gasteiger partial charge on any atom is 0.224 e. The van der Waals surface area contributed by atoms with Gasteiger partial charge in [0, 0.05) is 24.9 Å². The van der Waals surface area contributed by atoms with Crippen molar-refractivity contribution >= 4 is 17.4 Å². The highest BCUT2D eigenvalue weighted by Crippen LogP contribution is 2.11. The number of rotatable bonds is 6. The summed E-state index contributed by atoms with van der Waals surface area (Å²) in [5, 5.41) is 3.43. The quantitative estimate of drug-likeness (QED) is 0.616. The molecule has 1 aromatic heterocycles. The van der Waals surface area contributed by atoms with Gasteiger partial charge in [-0.05, 0) is 24.4 Å². The van der Waals surface area contributed by atoms with E-state index in [1.54, 1.807) is 6.20 Å². The molecule has 1 rings (SSSR count). The smallest absolute Gasteiger partial charge is 0.224 e. The van der Waals surface area contributed by atoms with E-state index in [2.05, 4.69) is 29.1 Å². The Hall–Kier alpha value is -0.870. The van der Waals surface area contributed by atoms with Gasteiger partial charge in [0.2, 0.25) is 5.28 Å². The number of hydrogen-bond donors (Lipinski definition) is 1. The van der Waals surface area contributed by atoms with Crippen molar-refractivity contribution in [3.8, 4) is 0 Å². The Morgan fingerprint density at radius 3 is 2.94 bits per heavy atom. The second kappa shape index (κ2) is 6.66. The number of aromatic nitrogens is 2. The number of anilines is 1. The third kappa shape index (κ3) is 4.77. The minimum Gasteiger partial charge on any atom is -0.379 e. The van der Waals surface area contributed by atoms with E-state index in [1.807, 2.05) is 6.92 Å². The van der Waals surface area contributed by atoms with Gasteiger partial charge in [0.05, 0.1) is 6.61 Å². The Morgan fingerprint density at radius 2 is 2.25 bits per heavy atom. The highest BCUT2D eigenvalue weighted by molar-refractivity contribution is 6.28. The van der Waals surface area contributed by atoms with E-state index < -0.39 is 0 Å². The number of hydrogen-bond acceptors (Lipinski definition) is 4. The molecule has 16 heavy (non-hydrogen) atoms. The number of aryl methyl sites for hydroxylation is 1. The van der Waals surface area contributed by atoms with Crippen molar-refractivity contribution in [1.82, 2.24) is 9.97 Å². The highest BCUT2D eigenvalue weighted by Gasteiger charge is 2.01. The summed E-state index contributed by atoms with van der Waals surface area (Å²) >= 11 is 5.70. The first kappa shape index (κ1) is 13.2. The van der Waals surface area contributed by atoms with E-state index in [4.69, 9.17) is 16.3 Å². The SMILES string of the molecule is Cc1cnc(Cl)nc1NCCOCC(C)C. The van der Waals surface area contributed by atoms with Gasteiger partial charge in [0.1, 0.15) is 5.82 Å². The molecule has 0 amide bonds. The summed E-state index contributed by atoms with van der Waals surface area (Å²) in [5.41, 5.74) is 0.980. The van der Waals surface area contributed by atoms with Gasteiger partial charge in [-0.1, -0.05) is 13.8 Å². The van der Waals surface area contributed by atoms with Crippen LogP contribution in [0.5, 0.6) is 0 Å². The Bertz CT molecular complexity index is 331. The van der Waals surface area contributed by atoms with Gasteiger partial charge >= 0.3 is 0 Å². The van der Waals surface area contributed by atoms with Crippen LogP contribution in [0.1, 0.15) is 19.4 Å². The van der Waals surface area contributed by atoms with Gasteiger partial charge in [-0.15, -0.1) is 0 Å². The molecule has 0 saturated carbocycles. The van der Waals surface area contributed by atoms with Crippen LogP contribution >= 0.6 is 11.6 Å². The largest absolute Gasteiger partial charge is 0.379 e. The molecule has 0 unspecified atom stereocenters. The first-order valence-electron chi connectivity index (χ1n) is 5.40. The Kier molecular flexibility index (Phi) is 5.49. The minimum atomic E-state index is 0.260. The van der Waals surface area contributed by atoms with Crippen LogP contribution in [-0.2, 0) is 4.74 Å². The van der Waals surface area contributed by atoms with E-state index in [0.29, 0.717) is 12.5 Å². The Balaban J connectivity index is 2.29. The third-order valence-corrected chi connectivity index (χ3v) is 2.11. The van der Waals surface area contributed by atoms with Crippen LogP contribution in [0, 0.1) is 12.8 Å². The molecule has 4 nitrogen and oxygen atoms in total. The molecule has 0 atom stereocenters. The molecule has 90 valence electrons. The lowest BCUT2D eigenvalue weighted by Crippen LogP contribution is -2.13. The first-order valence-corrected chi connectivity index (χ1v) is 5.78. The molecule has 5 heteroatoms. The van der Waals surface area contributed by atoms with Crippen molar-refractivity contribution in [3.63, 3.8) is 0 Å². The molecule has 0 aliphatic rings. The summed E-state index contributed by atoms with van der Waals surface area (Å²) in [5.74, 6) is 1.34. The molecule has 0 radical (unpaired) electrons. The normalized spacial score (nSPS) is 10.8. The monoisotopic (exact) mass is 243 g/mol. The molecule has 0 aliphatic heterocycles. The van der Waals surface area contributed by atoms with E-state index >= 15 is 0 Å². The standard InChI is InChI=1S/C11H18ClN3O/c1-8(2)7-16-5-4-13-10-9(3)6-14-11(12)15-10/h6,8H,4-5,7H2,1-3H3,(H,13,14,15). The lowest BCUT2D eigenvalue weighted by molar-refractivity contribution is 0.118. The van der Waals surface area contributed by atoms with Crippen molar-refractivity contribution in [2.45, 2.75) is 20.8 Å². The molecule has 1 heterocycles. The molecule has 1 aromatic rings. The van der Waals surface area contributed by atoms with Crippen LogP contribution in [0.2, 0.25) is 5.28 Å². The summed E-state index contributed by atoms with van der Waals surface area (Å²) in [7, 11) is 0. The van der Waals surface area contributed by atoms with E-state index in [-0.39, 0.29) is 5.28 Å². The summed E-state index contributed by atoms with van der Waals surface area (Å²) < 4.78 is 5.45. The predicted molar refractivity (Wildman–Crippen MR) is 65.9 cm³/mol. The summed E-state index contributed by atoms with van der Waals surface area (Å²) in [6, 6.07) is 0. The molecule has 0 bridgehead atoms. The zero-order valence-corrected chi connectivity index (χ0v) is 10.7. The average molecular weight is 244 g/mol. The summed E-state index contributed by atoms with van der Waals surface area (Å²) in [6.07, 6.45) is 1.70. The number of nitrogens with zero attached hydrogens (tertiary/aromatic N) is 2. The zero-order valence-electron chi connectivity index (χ0n) is 9.96. The van der Waals surface area contributed by atoms with Crippen LogP contribution in [0.4, 0.5) is 5.82 Å². The van der Waals surface area contributed by atoms with Crippen LogP contribution in [0.3, 0.4) is 0 Å². The predicted octanol–water partition coefficient (Wildman–Crippen LogP) is 2.52. The second-order valence-electron chi connectivity index (χ2n) is 4.07. The fourth-order valence-corrected chi connectivity index (χ4v) is 1.29. The molecule has 0 aliphatic carbocycles. The number of nitrogens with one attached hydrogen (secondary N) is 1. The van der Waals surface area contributed by atoms with E-state index in [9.17, 15) is 0 Å². The fourth-order valence-electron chi connectivity index (χ4n) is 1.16.